The SMILES string of the molecule is NCCCOc1cc(F)c(Cl)cc1Br. The van der Waals surface area contributed by atoms with Crippen molar-refractivity contribution in [3.8, 4) is 5.75 Å². The zero-order valence-corrected chi connectivity index (χ0v) is 9.74. The fraction of sp³-hybridized carbons (Fsp3) is 0.333. The van der Waals surface area contributed by atoms with Crippen LogP contribution in [0.15, 0.2) is 16.6 Å². The van der Waals surface area contributed by atoms with E-state index in [2.05, 4.69) is 15.9 Å². The minimum absolute atomic E-state index is 0.0723. The fourth-order valence-corrected chi connectivity index (χ4v) is 1.63. The summed E-state index contributed by atoms with van der Waals surface area (Å²) in [5, 5.41) is 0.0723. The third kappa shape index (κ3) is 3.12. The molecule has 2 N–H and O–H groups in total. The normalized spacial score (nSPS) is 10.3. The van der Waals surface area contributed by atoms with Gasteiger partial charge in [0.25, 0.3) is 0 Å². The number of nitrogens with two attached hydrogens (primary N) is 1. The highest BCUT2D eigenvalue weighted by Gasteiger charge is 2.07. The van der Waals surface area contributed by atoms with Gasteiger partial charge in [-0.1, -0.05) is 11.6 Å². The molecule has 0 spiro atoms. The maximum atomic E-state index is 13.0. The lowest BCUT2D eigenvalue weighted by Gasteiger charge is -2.08. The summed E-state index contributed by atoms with van der Waals surface area (Å²) in [5.41, 5.74) is 5.30. The van der Waals surface area contributed by atoms with Crippen molar-refractivity contribution >= 4 is 27.5 Å². The first kappa shape index (κ1) is 11.8. The highest BCUT2D eigenvalue weighted by Crippen LogP contribution is 2.30. The van der Waals surface area contributed by atoms with Crippen LogP contribution in [0.4, 0.5) is 4.39 Å². The number of rotatable bonds is 4. The second-order valence-corrected chi connectivity index (χ2v) is 3.95. The van der Waals surface area contributed by atoms with Gasteiger partial charge in [-0.2, -0.15) is 0 Å². The number of halogens is 3. The highest BCUT2D eigenvalue weighted by molar-refractivity contribution is 9.10. The van der Waals surface area contributed by atoms with Gasteiger partial charge >= 0.3 is 0 Å². The van der Waals surface area contributed by atoms with Gasteiger partial charge in [-0.05, 0) is 35.0 Å². The average molecular weight is 283 g/mol. The van der Waals surface area contributed by atoms with Gasteiger partial charge < -0.3 is 10.5 Å². The van der Waals surface area contributed by atoms with Crippen molar-refractivity contribution in [1.29, 1.82) is 0 Å². The van der Waals surface area contributed by atoms with E-state index in [9.17, 15) is 4.39 Å². The molecule has 0 amide bonds. The van der Waals surface area contributed by atoms with Crippen LogP contribution in [0, 0.1) is 5.82 Å². The van der Waals surface area contributed by atoms with E-state index in [-0.39, 0.29) is 5.02 Å². The van der Waals surface area contributed by atoms with Crippen LogP contribution in [0.3, 0.4) is 0 Å². The van der Waals surface area contributed by atoms with Crippen LogP contribution in [0.25, 0.3) is 0 Å². The summed E-state index contributed by atoms with van der Waals surface area (Å²) < 4.78 is 18.9. The standard InChI is InChI=1S/C9H10BrClFNO/c10-6-4-7(11)8(12)5-9(6)14-3-1-2-13/h4-5H,1-3,13H2. The summed E-state index contributed by atoms with van der Waals surface area (Å²) in [6, 6.07) is 2.72. The van der Waals surface area contributed by atoms with Gasteiger partial charge in [0.15, 0.2) is 0 Å². The van der Waals surface area contributed by atoms with E-state index in [0.717, 1.165) is 6.42 Å². The van der Waals surface area contributed by atoms with Crippen molar-refractivity contribution in [1.82, 2.24) is 0 Å². The van der Waals surface area contributed by atoms with Gasteiger partial charge in [0.1, 0.15) is 11.6 Å². The quantitative estimate of drug-likeness (QED) is 0.681. The Morgan fingerprint density at radius 1 is 1.50 bits per heavy atom. The molecule has 14 heavy (non-hydrogen) atoms. The summed E-state index contributed by atoms with van der Waals surface area (Å²) in [6.45, 7) is 1.02. The first-order valence-electron chi connectivity index (χ1n) is 4.12. The van der Waals surface area contributed by atoms with Gasteiger partial charge in [0.2, 0.25) is 0 Å². The molecule has 0 aliphatic rings. The van der Waals surface area contributed by atoms with Gasteiger partial charge in [0, 0.05) is 6.07 Å². The third-order valence-electron chi connectivity index (χ3n) is 1.58. The lowest BCUT2D eigenvalue weighted by atomic mass is 10.3. The molecule has 1 aromatic rings. The minimum Gasteiger partial charge on any atom is -0.492 e. The maximum Gasteiger partial charge on any atom is 0.145 e. The van der Waals surface area contributed by atoms with E-state index in [0.29, 0.717) is 23.4 Å². The van der Waals surface area contributed by atoms with Crippen molar-refractivity contribution in [2.75, 3.05) is 13.2 Å². The van der Waals surface area contributed by atoms with Crippen LogP contribution in [0.2, 0.25) is 5.02 Å². The van der Waals surface area contributed by atoms with Crippen molar-refractivity contribution in [3.63, 3.8) is 0 Å². The molecule has 1 rings (SSSR count). The molecule has 0 aliphatic carbocycles. The Kier molecular flexibility index (Phi) is 4.65. The van der Waals surface area contributed by atoms with Crippen molar-refractivity contribution in [2.45, 2.75) is 6.42 Å². The smallest absolute Gasteiger partial charge is 0.145 e. The van der Waals surface area contributed by atoms with Crippen molar-refractivity contribution in [2.24, 2.45) is 5.73 Å². The molecule has 2 nitrogen and oxygen atoms in total. The van der Waals surface area contributed by atoms with E-state index in [1.807, 2.05) is 0 Å². The molecular weight excluding hydrogens is 272 g/mol. The highest BCUT2D eigenvalue weighted by atomic mass is 79.9. The van der Waals surface area contributed by atoms with Gasteiger partial charge in [-0.3, -0.25) is 0 Å². The number of hydrogen-bond donors (Lipinski definition) is 1. The summed E-state index contributed by atoms with van der Waals surface area (Å²) in [5.74, 6) is -0.0436. The Morgan fingerprint density at radius 2 is 2.21 bits per heavy atom. The van der Waals surface area contributed by atoms with E-state index >= 15 is 0 Å². The molecule has 0 saturated carbocycles. The molecule has 0 radical (unpaired) electrons. The van der Waals surface area contributed by atoms with E-state index in [1.165, 1.54) is 12.1 Å². The Hall–Kier alpha value is -0.320. The van der Waals surface area contributed by atoms with Crippen molar-refractivity contribution in [3.05, 3.63) is 27.4 Å². The van der Waals surface area contributed by atoms with Crippen molar-refractivity contribution < 1.29 is 9.13 Å². The van der Waals surface area contributed by atoms with Crippen LogP contribution < -0.4 is 10.5 Å². The zero-order chi connectivity index (χ0) is 10.6. The topological polar surface area (TPSA) is 35.2 Å². The Morgan fingerprint density at radius 3 is 2.86 bits per heavy atom. The lowest BCUT2D eigenvalue weighted by Crippen LogP contribution is -2.06. The second-order valence-electron chi connectivity index (χ2n) is 2.69. The van der Waals surface area contributed by atoms with Gasteiger partial charge in [-0.25, -0.2) is 4.39 Å². The van der Waals surface area contributed by atoms with Crippen LogP contribution in [0.1, 0.15) is 6.42 Å². The number of ether oxygens (including phenoxy) is 1. The summed E-state index contributed by atoms with van der Waals surface area (Å²) in [7, 11) is 0. The van der Waals surface area contributed by atoms with Gasteiger partial charge in [-0.15, -0.1) is 0 Å². The molecule has 0 fully saturated rings. The molecule has 0 saturated heterocycles. The molecule has 0 unspecified atom stereocenters. The van der Waals surface area contributed by atoms with E-state index < -0.39 is 5.82 Å². The Bertz CT molecular complexity index is 322. The second kappa shape index (κ2) is 5.53. The van der Waals surface area contributed by atoms with Crippen LogP contribution in [0.5, 0.6) is 5.75 Å². The van der Waals surface area contributed by atoms with Crippen LogP contribution in [-0.2, 0) is 0 Å². The van der Waals surface area contributed by atoms with Gasteiger partial charge in [0.05, 0.1) is 16.1 Å². The first-order chi connectivity index (χ1) is 6.65. The maximum absolute atomic E-state index is 13.0. The largest absolute Gasteiger partial charge is 0.492 e. The Labute approximate surface area is 95.3 Å². The van der Waals surface area contributed by atoms with E-state index in [4.69, 9.17) is 22.1 Å². The molecule has 0 aliphatic heterocycles. The molecule has 78 valence electrons. The predicted molar refractivity (Wildman–Crippen MR) is 58.3 cm³/mol. The molecule has 0 aromatic heterocycles. The molecule has 1 aromatic carbocycles. The number of hydrogen-bond acceptors (Lipinski definition) is 2. The minimum atomic E-state index is -0.488. The Balaban J connectivity index is 2.72. The van der Waals surface area contributed by atoms with Crippen LogP contribution >= 0.6 is 27.5 Å². The average Bonchev–Trinajstić information content (AvgIpc) is 2.14. The summed E-state index contributed by atoms with van der Waals surface area (Å²) in [6.07, 6.45) is 0.733. The first-order valence-corrected chi connectivity index (χ1v) is 5.29. The predicted octanol–water partition coefficient (Wildman–Crippen LogP) is 2.97. The number of benzene rings is 1. The molecule has 0 heterocycles. The van der Waals surface area contributed by atoms with Crippen LogP contribution in [-0.4, -0.2) is 13.2 Å². The summed E-state index contributed by atoms with van der Waals surface area (Å²) >= 11 is 8.79. The molecule has 5 heteroatoms. The summed E-state index contributed by atoms with van der Waals surface area (Å²) in [4.78, 5) is 0. The monoisotopic (exact) mass is 281 g/mol. The lowest BCUT2D eigenvalue weighted by molar-refractivity contribution is 0.310. The molecule has 0 bridgehead atoms. The third-order valence-corrected chi connectivity index (χ3v) is 2.49. The molecular formula is C9H10BrClFNO. The fourth-order valence-electron chi connectivity index (χ4n) is 0.880. The zero-order valence-electron chi connectivity index (χ0n) is 7.40. The van der Waals surface area contributed by atoms with E-state index in [1.54, 1.807) is 0 Å². The molecule has 0 atom stereocenters.